The molecule has 2 rings (SSSR count). The molecule has 0 bridgehead atoms. The molecule has 1 aromatic carbocycles. The van der Waals surface area contributed by atoms with E-state index in [1.807, 2.05) is 0 Å². The molecular weight excluding hydrogens is 322 g/mol. The molecule has 0 aliphatic heterocycles. The van der Waals surface area contributed by atoms with Gasteiger partial charge in [-0.05, 0) is 47.2 Å². The number of pyridine rings is 1. The Kier molecular flexibility index (Phi) is 5.13. The van der Waals surface area contributed by atoms with Crippen LogP contribution in [0.1, 0.15) is 12.6 Å². The minimum absolute atomic E-state index is 0.0608. The second-order valence-corrected chi connectivity index (χ2v) is 5.23. The minimum Gasteiger partial charge on any atom is -0.473 e. The smallest absolute Gasteiger partial charge is 0.406 e. The number of amides is 1. The van der Waals surface area contributed by atoms with Crippen molar-refractivity contribution in [3.63, 3.8) is 0 Å². The molecule has 7 nitrogen and oxygen atoms in total. The highest BCUT2D eigenvalue weighted by Crippen LogP contribution is 2.25. The number of nitrogens with one attached hydrogen (secondary N) is 1. The Morgan fingerprint density at radius 3 is 2.78 bits per heavy atom. The average Bonchev–Trinajstić information content (AvgIpc) is 2.48. The van der Waals surface area contributed by atoms with Crippen LogP contribution in [-0.4, -0.2) is 21.9 Å². The highest BCUT2D eigenvalue weighted by Gasteiger charge is 2.22. The number of halogens is 1. The van der Waals surface area contributed by atoms with Crippen LogP contribution in [0.25, 0.3) is 0 Å². The van der Waals surface area contributed by atoms with Gasteiger partial charge in [0.15, 0.2) is 6.10 Å². The van der Waals surface area contributed by atoms with E-state index in [0.29, 0.717) is 16.4 Å². The maximum atomic E-state index is 12.1. The number of ether oxygens (including phenoxy) is 1. The molecular formula is C15H14ClN3O4. The Morgan fingerprint density at radius 1 is 1.39 bits per heavy atom. The molecule has 120 valence electrons. The topological polar surface area (TPSA) is 94.4 Å². The van der Waals surface area contributed by atoms with Gasteiger partial charge in [0, 0.05) is 17.6 Å². The molecule has 0 spiro atoms. The van der Waals surface area contributed by atoms with E-state index in [0.717, 1.165) is 0 Å². The second-order valence-electron chi connectivity index (χ2n) is 4.79. The summed E-state index contributed by atoms with van der Waals surface area (Å²) in [6, 6.07) is 9.62. The Balaban J connectivity index is 2.11. The number of rotatable bonds is 5. The van der Waals surface area contributed by atoms with Crippen LogP contribution in [0, 0.1) is 17.0 Å². The van der Waals surface area contributed by atoms with Gasteiger partial charge in [-0.1, -0.05) is 17.7 Å². The van der Waals surface area contributed by atoms with E-state index in [1.165, 1.54) is 13.0 Å². The lowest BCUT2D eigenvalue weighted by Crippen LogP contribution is -2.30. The van der Waals surface area contributed by atoms with Crippen LogP contribution in [0.2, 0.25) is 5.02 Å². The monoisotopic (exact) mass is 335 g/mol. The molecule has 2 aromatic rings. The normalized spacial score (nSPS) is 11.6. The van der Waals surface area contributed by atoms with Crippen LogP contribution in [0.5, 0.6) is 5.75 Å². The first-order valence-corrected chi connectivity index (χ1v) is 7.09. The number of aromatic nitrogens is 1. The summed E-state index contributed by atoms with van der Waals surface area (Å²) in [5, 5.41) is 14.1. The minimum atomic E-state index is -0.947. The zero-order valence-corrected chi connectivity index (χ0v) is 13.2. The number of carbonyl (C=O) groups is 1. The van der Waals surface area contributed by atoms with Crippen molar-refractivity contribution in [2.24, 2.45) is 0 Å². The van der Waals surface area contributed by atoms with Crippen LogP contribution in [0.15, 0.2) is 36.4 Å². The molecule has 1 aromatic heterocycles. The maximum Gasteiger partial charge on any atom is 0.406 e. The van der Waals surface area contributed by atoms with E-state index in [2.05, 4.69) is 10.3 Å². The van der Waals surface area contributed by atoms with Gasteiger partial charge in [-0.15, -0.1) is 0 Å². The van der Waals surface area contributed by atoms with Gasteiger partial charge in [0.2, 0.25) is 5.75 Å². The maximum absolute atomic E-state index is 12.1. The van der Waals surface area contributed by atoms with Crippen molar-refractivity contribution in [3.8, 4) is 5.75 Å². The van der Waals surface area contributed by atoms with Crippen molar-refractivity contribution < 1.29 is 14.5 Å². The first-order chi connectivity index (χ1) is 10.9. The lowest BCUT2D eigenvalue weighted by Gasteiger charge is -2.14. The fraction of sp³-hybridized carbons (Fsp3) is 0.200. The number of hydrogen-bond acceptors (Lipinski definition) is 5. The van der Waals surface area contributed by atoms with Crippen LogP contribution >= 0.6 is 11.6 Å². The molecule has 0 radical (unpaired) electrons. The summed E-state index contributed by atoms with van der Waals surface area (Å²) in [4.78, 5) is 26.3. The van der Waals surface area contributed by atoms with E-state index in [-0.39, 0.29) is 5.75 Å². The first-order valence-electron chi connectivity index (χ1n) is 6.72. The largest absolute Gasteiger partial charge is 0.473 e. The predicted molar refractivity (Wildman–Crippen MR) is 85.8 cm³/mol. The zero-order chi connectivity index (χ0) is 17.0. The SMILES string of the molecule is Cc1ccc(OC(C)C(=O)Nc2cccc(Cl)c2)c([N+](=O)[O-])n1. The lowest BCUT2D eigenvalue weighted by molar-refractivity contribution is -0.390. The summed E-state index contributed by atoms with van der Waals surface area (Å²) < 4.78 is 5.38. The standard InChI is InChI=1S/C15H14ClN3O4/c1-9-6-7-13(14(17-9)19(21)22)23-10(2)15(20)18-12-5-3-4-11(16)8-12/h3-8,10H,1-2H3,(H,18,20). The van der Waals surface area contributed by atoms with Gasteiger partial charge >= 0.3 is 5.82 Å². The number of carbonyl (C=O) groups excluding carboxylic acids is 1. The average molecular weight is 336 g/mol. The van der Waals surface area contributed by atoms with E-state index >= 15 is 0 Å². The van der Waals surface area contributed by atoms with Crippen LogP contribution in [0.4, 0.5) is 11.5 Å². The molecule has 23 heavy (non-hydrogen) atoms. The molecule has 0 fully saturated rings. The van der Waals surface area contributed by atoms with Gasteiger partial charge in [-0.25, -0.2) is 0 Å². The Hall–Kier alpha value is -2.67. The number of aryl methyl sites for hydroxylation is 1. The van der Waals surface area contributed by atoms with Gasteiger partial charge in [0.25, 0.3) is 5.91 Å². The highest BCUT2D eigenvalue weighted by atomic mass is 35.5. The molecule has 0 saturated heterocycles. The molecule has 1 amide bonds. The van der Waals surface area contributed by atoms with E-state index in [4.69, 9.17) is 16.3 Å². The lowest BCUT2D eigenvalue weighted by atomic mass is 10.3. The number of benzene rings is 1. The molecule has 1 unspecified atom stereocenters. The van der Waals surface area contributed by atoms with Gasteiger partial charge in [-0.2, -0.15) is 0 Å². The third kappa shape index (κ3) is 4.40. The quantitative estimate of drug-likeness (QED) is 0.667. The molecule has 1 atom stereocenters. The summed E-state index contributed by atoms with van der Waals surface area (Å²) >= 11 is 5.84. The summed E-state index contributed by atoms with van der Waals surface area (Å²) in [7, 11) is 0. The number of nitro groups is 1. The Labute approximate surface area is 137 Å². The van der Waals surface area contributed by atoms with Crippen LogP contribution in [0.3, 0.4) is 0 Å². The van der Waals surface area contributed by atoms with Crippen molar-refractivity contribution in [3.05, 3.63) is 57.2 Å². The van der Waals surface area contributed by atoms with Crippen molar-refractivity contribution in [1.29, 1.82) is 0 Å². The highest BCUT2D eigenvalue weighted by molar-refractivity contribution is 6.30. The van der Waals surface area contributed by atoms with E-state index in [9.17, 15) is 14.9 Å². The van der Waals surface area contributed by atoms with Crippen LogP contribution < -0.4 is 10.1 Å². The van der Waals surface area contributed by atoms with E-state index in [1.54, 1.807) is 37.3 Å². The van der Waals surface area contributed by atoms with Crippen molar-refractivity contribution in [2.75, 3.05) is 5.32 Å². The van der Waals surface area contributed by atoms with Gasteiger partial charge < -0.3 is 20.2 Å². The summed E-state index contributed by atoms with van der Waals surface area (Å²) in [6.07, 6.45) is -0.947. The number of nitrogens with zero attached hydrogens (tertiary/aromatic N) is 2. The number of hydrogen-bond donors (Lipinski definition) is 1. The third-order valence-corrected chi connectivity index (χ3v) is 3.15. The van der Waals surface area contributed by atoms with Crippen molar-refractivity contribution in [1.82, 2.24) is 4.98 Å². The fourth-order valence-corrected chi connectivity index (χ4v) is 2.00. The number of anilines is 1. The molecule has 0 aliphatic rings. The van der Waals surface area contributed by atoms with Gasteiger partial charge in [-0.3, -0.25) is 4.79 Å². The molecule has 0 aliphatic carbocycles. The molecule has 0 saturated carbocycles. The van der Waals surface area contributed by atoms with E-state index < -0.39 is 22.8 Å². The second kappa shape index (κ2) is 7.06. The summed E-state index contributed by atoms with van der Waals surface area (Å²) in [5.74, 6) is -0.941. The Morgan fingerprint density at radius 2 is 2.13 bits per heavy atom. The summed E-state index contributed by atoms with van der Waals surface area (Å²) in [6.45, 7) is 3.12. The van der Waals surface area contributed by atoms with Gasteiger partial charge in [0.05, 0.1) is 0 Å². The predicted octanol–water partition coefficient (Wildman–Crippen LogP) is 3.36. The summed E-state index contributed by atoms with van der Waals surface area (Å²) in [5.41, 5.74) is 0.995. The third-order valence-electron chi connectivity index (χ3n) is 2.92. The molecule has 8 heteroatoms. The zero-order valence-electron chi connectivity index (χ0n) is 12.4. The van der Waals surface area contributed by atoms with Crippen LogP contribution in [-0.2, 0) is 4.79 Å². The first kappa shape index (κ1) is 16.7. The molecule has 1 N–H and O–H groups in total. The fourth-order valence-electron chi connectivity index (χ4n) is 1.81. The Bertz CT molecular complexity index is 751. The van der Waals surface area contributed by atoms with Crippen molar-refractivity contribution >= 4 is 29.0 Å². The van der Waals surface area contributed by atoms with Crippen molar-refractivity contribution in [2.45, 2.75) is 20.0 Å². The molecule has 1 heterocycles. The van der Waals surface area contributed by atoms with Gasteiger partial charge in [0.1, 0.15) is 5.69 Å².